The van der Waals surface area contributed by atoms with Crippen molar-refractivity contribution in [3.05, 3.63) is 11.8 Å². The molecule has 2 aliphatic heterocycles. The van der Waals surface area contributed by atoms with Crippen molar-refractivity contribution in [2.75, 3.05) is 30.3 Å². The second-order valence-electron chi connectivity index (χ2n) is 6.34. The first-order valence-electron chi connectivity index (χ1n) is 7.94. The van der Waals surface area contributed by atoms with Gasteiger partial charge in [0.15, 0.2) is 0 Å². The van der Waals surface area contributed by atoms with E-state index in [1.165, 1.54) is 12.8 Å². The molecule has 1 aromatic rings. The monoisotopic (exact) mass is 288 g/mol. The highest BCUT2D eigenvalue weighted by Crippen LogP contribution is 2.32. The first kappa shape index (κ1) is 14.3. The molecule has 0 spiro atoms. The standard InChI is InChI=1S/C16H24N4O/c1-12-4-6-19(7-5-12)16-15(18)9-13(10-17)20(16)11-14-3-2-8-21-14/h9,12,14H,2-8,11,18H2,1H3. The highest BCUT2D eigenvalue weighted by Gasteiger charge is 2.25. The number of anilines is 2. The molecule has 3 heterocycles. The molecule has 5 heteroatoms. The number of nitrogens with two attached hydrogens (primary N) is 1. The molecule has 1 aromatic heterocycles. The third-order valence-corrected chi connectivity index (χ3v) is 4.70. The van der Waals surface area contributed by atoms with Crippen molar-refractivity contribution in [3.63, 3.8) is 0 Å². The van der Waals surface area contributed by atoms with E-state index in [2.05, 4.69) is 22.5 Å². The molecule has 2 aliphatic rings. The number of ether oxygens (including phenoxy) is 1. The molecule has 0 aromatic carbocycles. The molecule has 21 heavy (non-hydrogen) atoms. The maximum atomic E-state index is 9.38. The van der Waals surface area contributed by atoms with E-state index in [1.54, 1.807) is 0 Å². The third kappa shape index (κ3) is 2.86. The van der Waals surface area contributed by atoms with E-state index in [4.69, 9.17) is 10.5 Å². The summed E-state index contributed by atoms with van der Waals surface area (Å²) in [5.41, 5.74) is 7.57. The molecule has 0 amide bonds. The Hall–Kier alpha value is -1.67. The van der Waals surface area contributed by atoms with Crippen LogP contribution >= 0.6 is 0 Å². The lowest BCUT2D eigenvalue weighted by Gasteiger charge is -2.33. The van der Waals surface area contributed by atoms with Crippen LogP contribution in [0.2, 0.25) is 0 Å². The van der Waals surface area contributed by atoms with E-state index in [-0.39, 0.29) is 6.10 Å². The van der Waals surface area contributed by atoms with Crippen LogP contribution in [-0.4, -0.2) is 30.4 Å². The molecule has 3 rings (SSSR count). The Morgan fingerprint density at radius 1 is 1.38 bits per heavy atom. The minimum Gasteiger partial charge on any atom is -0.396 e. The molecule has 0 bridgehead atoms. The quantitative estimate of drug-likeness (QED) is 0.927. The van der Waals surface area contributed by atoms with Gasteiger partial charge in [0.25, 0.3) is 0 Å². The molecule has 2 fully saturated rings. The second-order valence-corrected chi connectivity index (χ2v) is 6.34. The molecule has 1 unspecified atom stereocenters. The second kappa shape index (κ2) is 5.98. The summed E-state index contributed by atoms with van der Waals surface area (Å²) < 4.78 is 7.81. The summed E-state index contributed by atoms with van der Waals surface area (Å²) in [6.45, 7) is 5.91. The van der Waals surface area contributed by atoms with Crippen LogP contribution in [0.5, 0.6) is 0 Å². The zero-order valence-corrected chi connectivity index (χ0v) is 12.7. The van der Waals surface area contributed by atoms with Gasteiger partial charge in [0.2, 0.25) is 0 Å². The van der Waals surface area contributed by atoms with Gasteiger partial charge in [-0.2, -0.15) is 5.26 Å². The van der Waals surface area contributed by atoms with Crippen LogP contribution in [0, 0.1) is 17.2 Å². The van der Waals surface area contributed by atoms with Crippen molar-refractivity contribution in [1.29, 1.82) is 5.26 Å². The third-order valence-electron chi connectivity index (χ3n) is 4.70. The Bertz CT molecular complexity index is 531. The van der Waals surface area contributed by atoms with Gasteiger partial charge < -0.3 is 19.9 Å². The number of nitrogen functional groups attached to an aromatic ring is 1. The van der Waals surface area contributed by atoms with Gasteiger partial charge in [0.05, 0.1) is 18.3 Å². The first-order valence-corrected chi connectivity index (χ1v) is 7.94. The van der Waals surface area contributed by atoms with E-state index in [0.717, 1.165) is 56.5 Å². The fourth-order valence-electron chi connectivity index (χ4n) is 3.40. The topological polar surface area (TPSA) is 67.2 Å². The summed E-state index contributed by atoms with van der Waals surface area (Å²) in [6, 6.07) is 4.09. The van der Waals surface area contributed by atoms with Gasteiger partial charge in [-0.15, -0.1) is 0 Å². The zero-order chi connectivity index (χ0) is 14.8. The molecule has 0 saturated carbocycles. The number of rotatable bonds is 3. The van der Waals surface area contributed by atoms with Crippen LogP contribution in [0.25, 0.3) is 0 Å². The number of nitrogens with zero attached hydrogens (tertiary/aromatic N) is 3. The lowest BCUT2D eigenvalue weighted by Crippen LogP contribution is -2.35. The van der Waals surface area contributed by atoms with Gasteiger partial charge in [0.1, 0.15) is 17.6 Å². The Morgan fingerprint density at radius 3 is 2.76 bits per heavy atom. The average molecular weight is 288 g/mol. The SMILES string of the molecule is CC1CCN(c2c(N)cc(C#N)n2CC2CCCO2)CC1. The van der Waals surface area contributed by atoms with Crippen molar-refractivity contribution in [3.8, 4) is 6.07 Å². The molecule has 0 radical (unpaired) electrons. The van der Waals surface area contributed by atoms with E-state index in [9.17, 15) is 5.26 Å². The van der Waals surface area contributed by atoms with Crippen molar-refractivity contribution >= 4 is 11.5 Å². The number of hydrogen-bond donors (Lipinski definition) is 1. The van der Waals surface area contributed by atoms with Crippen LogP contribution < -0.4 is 10.6 Å². The van der Waals surface area contributed by atoms with Crippen LogP contribution in [0.4, 0.5) is 11.5 Å². The van der Waals surface area contributed by atoms with Crippen LogP contribution in [0.3, 0.4) is 0 Å². The molecule has 5 nitrogen and oxygen atoms in total. The Kier molecular flexibility index (Phi) is 4.07. The van der Waals surface area contributed by atoms with E-state index >= 15 is 0 Å². The molecule has 1 atom stereocenters. The molecule has 0 aliphatic carbocycles. The summed E-state index contributed by atoms with van der Waals surface area (Å²) in [5.74, 6) is 1.80. The Labute approximate surface area is 126 Å². The highest BCUT2D eigenvalue weighted by atomic mass is 16.5. The van der Waals surface area contributed by atoms with Crippen molar-refractivity contribution in [2.24, 2.45) is 5.92 Å². The maximum absolute atomic E-state index is 9.38. The summed E-state index contributed by atoms with van der Waals surface area (Å²) in [7, 11) is 0. The van der Waals surface area contributed by atoms with Crippen molar-refractivity contribution in [2.45, 2.75) is 45.3 Å². The van der Waals surface area contributed by atoms with E-state index in [0.29, 0.717) is 5.69 Å². The van der Waals surface area contributed by atoms with E-state index < -0.39 is 0 Å². The van der Waals surface area contributed by atoms with Crippen LogP contribution in [-0.2, 0) is 11.3 Å². The fraction of sp³-hybridized carbons (Fsp3) is 0.688. The zero-order valence-electron chi connectivity index (χ0n) is 12.7. The number of piperidine rings is 1. The lowest BCUT2D eigenvalue weighted by molar-refractivity contribution is 0.0971. The van der Waals surface area contributed by atoms with Gasteiger partial charge in [0, 0.05) is 19.7 Å². The summed E-state index contributed by atoms with van der Waals surface area (Å²) >= 11 is 0. The maximum Gasteiger partial charge on any atom is 0.133 e. The molecular weight excluding hydrogens is 264 g/mol. The summed E-state index contributed by atoms with van der Waals surface area (Å²) in [5, 5.41) is 9.38. The highest BCUT2D eigenvalue weighted by molar-refractivity contribution is 5.68. The normalized spacial score (nSPS) is 23.4. The number of hydrogen-bond acceptors (Lipinski definition) is 4. The fourth-order valence-corrected chi connectivity index (χ4v) is 3.40. The van der Waals surface area contributed by atoms with Crippen molar-refractivity contribution in [1.82, 2.24) is 4.57 Å². The largest absolute Gasteiger partial charge is 0.396 e. The van der Waals surface area contributed by atoms with Crippen LogP contribution in [0.15, 0.2) is 6.07 Å². The Balaban J connectivity index is 1.87. The van der Waals surface area contributed by atoms with Gasteiger partial charge in [-0.25, -0.2) is 0 Å². The van der Waals surface area contributed by atoms with Crippen molar-refractivity contribution < 1.29 is 4.74 Å². The first-order chi connectivity index (χ1) is 10.2. The molecule has 114 valence electrons. The molecule has 2 N–H and O–H groups in total. The van der Waals surface area contributed by atoms with Gasteiger partial charge in [-0.1, -0.05) is 6.92 Å². The lowest BCUT2D eigenvalue weighted by atomic mass is 9.99. The number of nitriles is 1. The Morgan fingerprint density at radius 2 is 2.14 bits per heavy atom. The predicted octanol–water partition coefficient (Wildman–Crippen LogP) is 2.36. The average Bonchev–Trinajstić information content (AvgIpc) is 3.09. The minimum atomic E-state index is 0.214. The minimum absolute atomic E-state index is 0.214. The van der Waals surface area contributed by atoms with E-state index in [1.807, 2.05) is 6.07 Å². The van der Waals surface area contributed by atoms with Gasteiger partial charge in [-0.05, 0) is 37.7 Å². The molecule has 2 saturated heterocycles. The van der Waals surface area contributed by atoms with Crippen LogP contribution in [0.1, 0.15) is 38.3 Å². The summed E-state index contributed by atoms with van der Waals surface area (Å²) in [6.07, 6.45) is 4.77. The smallest absolute Gasteiger partial charge is 0.133 e. The number of aromatic nitrogens is 1. The molecular formula is C16H24N4O. The van der Waals surface area contributed by atoms with Gasteiger partial charge >= 0.3 is 0 Å². The summed E-state index contributed by atoms with van der Waals surface area (Å²) in [4.78, 5) is 2.34. The predicted molar refractivity (Wildman–Crippen MR) is 83.1 cm³/mol. The van der Waals surface area contributed by atoms with Gasteiger partial charge in [-0.3, -0.25) is 0 Å².